The van der Waals surface area contributed by atoms with E-state index in [-0.39, 0.29) is 10.4 Å². The number of nitrogens with one attached hydrogen (secondary N) is 2. The van der Waals surface area contributed by atoms with E-state index in [1.54, 1.807) is 11.9 Å². The number of fused-ring (bicyclic) bond motifs is 1. The fourth-order valence-corrected chi connectivity index (χ4v) is 3.42. The minimum absolute atomic E-state index is 0.269. The molecule has 1 heterocycles. The van der Waals surface area contributed by atoms with E-state index in [1.165, 1.54) is 18.9 Å². The van der Waals surface area contributed by atoms with Gasteiger partial charge in [0.15, 0.2) is 0 Å². The maximum atomic E-state index is 11.5. The highest BCUT2D eigenvalue weighted by atomic mass is 32.2. The third kappa shape index (κ3) is 6.69. The normalized spacial score (nSPS) is 12.1. The van der Waals surface area contributed by atoms with E-state index in [1.807, 2.05) is 6.07 Å². The van der Waals surface area contributed by atoms with Crippen molar-refractivity contribution in [2.75, 3.05) is 18.4 Å². The quantitative estimate of drug-likeness (QED) is 0.342. The molecule has 2 N–H and O–H groups in total. The van der Waals surface area contributed by atoms with E-state index < -0.39 is 0 Å². The zero-order valence-corrected chi connectivity index (χ0v) is 17.5. The number of unbranched alkanes of at least 4 members (excludes halogenated alkanes) is 2. The summed E-state index contributed by atoms with van der Waals surface area (Å²) in [4.78, 5) is 11.5. The second-order valence-corrected chi connectivity index (χ2v) is 9.71. The van der Waals surface area contributed by atoms with Crippen LogP contribution in [-0.2, 0) is 0 Å². The van der Waals surface area contributed by atoms with Crippen LogP contribution in [-0.4, -0.2) is 17.8 Å². The van der Waals surface area contributed by atoms with Crippen molar-refractivity contribution in [3.63, 3.8) is 0 Å². The van der Waals surface area contributed by atoms with Gasteiger partial charge >= 0.3 is 5.63 Å². The van der Waals surface area contributed by atoms with Crippen molar-refractivity contribution in [2.45, 2.75) is 64.5 Å². The van der Waals surface area contributed by atoms with Crippen LogP contribution in [0.3, 0.4) is 0 Å². The van der Waals surface area contributed by atoms with Crippen LogP contribution in [0.15, 0.2) is 33.5 Å². The lowest BCUT2D eigenvalue weighted by molar-refractivity contribution is 0.554. The smallest absolute Gasteiger partial charge is 0.336 e. The second-order valence-electron chi connectivity index (χ2n) is 7.99. The first kappa shape index (κ1) is 20.8. The van der Waals surface area contributed by atoms with Crippen molar-refractivity contribution in [3.05, 3.63) is 40.2 Å². The molecule has 0 spiro atoms. The number of anilines is 1. The average Bonchev–Trinajstić information content (AvgIpc) is 2.55. The monoisotopic (exact) mass is 376 g/mol. The standard InChI is InChI=1S/C21H32N2O2S/c1-15(2)18-14-17(13-16-9-10-19(24)25-20(16)18)22-11-7-6-8-12-23-26-21(3,4)5/h9-10,13-15,22-23H,6-8,11-12H2,1-5H3. The van der Waals surface area contributed by atoms with Gasteiger partial charge in [-0.25, -0.2) is 4.79 Å². The van der Waals surface area contributed by atoms with Crippen LogP contribution in [0.4, 0.5) is 5.69 Å². The van der Waals surface area contributed by atoms with Crippen LogP contribution >= 0.6 is 11.9 Å². The first-order valence-electron chi connectivity index (χ1n) is 9.49. The number of rotatable bonds is 9. The van der Waals surface area contributed by atoms with Crippen LogP contribution in [0.1, 0.15) is 65.4 Å². The predicted octanol–water partition coefficient (Wildman–Crippen LogP) is 5.53. The van der Waals surface area contributed by atoms with Gasteiger partial charge in [-0.15, -0.1) is 0 Å². The molecule has 2 rings (SSSR count). The molecule has 4 nitrogen and oxygen atoms in total. The molecular formula is C21H32N2O2S. The van der Waals surface area contributed by atoms with Crippen LogP contribution in [0, 0.1) is 0 Å². The Morgan fingerprint density at radius 2 is 1.81 bits per heavy atom. The van der Waals surface area contributed by atoms with Gasteiger partial charge in [0.1, 0.15) is 5.58 Å². The van der Waals surface area contributed by atoms with Gasteiger partial charge in [-0.3, -0.25) is 4.72 Å². The van der Waals surface area contributed by atoms with E-state index in [2.05, 4.69) is 56.8 Å². The molecule has 0 radical (unpaired) electrons. The maximum absolute atomic E-state index is 11.5. The third-order valence-electron chi connectivity index (χ3n) is 4.03. The highest BCUT2D eigenvalue weighted by Crippen LogP contribution is 2.28. The van der Waals surface area contributed by atoms with E-state index >= 15 is 0 Å². The molecule has 144 valence electrons. The zero-order chi connectivity index (χ0) is 19.2. The fraction of sp³-hybridized carbons (Fsp3) is 0.571. The van der Waals surface area contributed by atoms with Crippen molar-refractivity contribution >= 4 is 28.6 Å². The minimum Gasteiger partial charge on any atom is -0.422 e. The summed E-state index contributed by atoms with van der Waals surface area (Å²) in [6.07, 6.45) is 3.52. The lowest BCUT2D eigenvalue weighted by Crippen LogP contribution is -2.17. The Kier molecular flexibility index (Phi) is 7.59. The molecule has 2 aromatic rings. The second kappa shape index (κ2) is 9.47. The predicted molar refractivity (Wildman–Crippen MR) is 114 cm³/mol. The Morgan fingerprint density at radius 3 is 2.50 bits per heavy atom. The number of hydrogen-bond donors (Lipinski definition) is 2. The lowest BCUT2D eigenvalue weighted by atomic mass is 9.99. The van der Waals surface area contributed by atoms with Gasteiger partial charge in [0.05, 0.1) is 0 Å². The molecule has 0 amide bonds. The van der Waals surface area contributed by atoms with Gasteiger partial charge in [0.25, 0.3) is 0 Å². The Morgan fingerprint density at radius 1 is 1.08 bits per heavy atom. The Labute approximate surface area is 161 Å². The molecule has 0 aliphatic carbocycles. The Hall–Kier alpha value is -1.46. The molecule has 5 heteroatoms. The van der Waals surface area contributed by atoms with Crippen molar-refractivity contribution in [1.82, 2.24) is 4.72 Å². The van der Waals surface area contributed by atoms with Crippen molar-refractivity contribution in [3.8, 4) is 0 Å². The van der Waals surface area contributed by atoms with E-state index in [9.17, 15) is 4.79 Å². The molecule has 0 aliphatic rings. The van der Waals surface area contributed by atoms with Gasteiger partial charge in [-0.2, -0.15) is 0 Å². The molecule has 1 aromatic heterocycles. The third-order valence-corrected chi connectivity index (χ3v) is 4.99. The highest BCUT2D eigenvalue weighted by Gasteiger charge is 2.11. The van der Waals surface area contributed by atoms with E-state index in [4.69, 9.17) is 4.42 Å². The summed E-state index contributed by atoms with van der Waals surface area (Å²) in [6.45, 7) is 12.9. The van der Waals surface area contributed by atoms with Gasteiger partial charge in [-0.05, 0) is 57.7 Å². The molecule has 0 saturated carbocycles. The molecule has 0 fully saturated rings. The maximum Gasteiger partial charge on any atom is 0.336 e. The number of benzene rings is 1. The average molecular weight is 377 g/mol. The zero-order valence-electron chi connectivity index (χ0n) is 16.6. The highest BCUT2D eigenvalue weighted by molar-refractivity contribution is 7.98. The topological polar surface area (TPSA) is 54.3 Å². The van der Waals surface area contributed by atoms with Crippen LogP contribution in [0.5, 0.6) is 0 Å². The van der Waals surface area contributed by atoms with Crippen molar-refractivity contribution in [1.29, 1.82) is 0 Å². The molecule has 1 aromatic carbocycles. The largest absolute Gasteiger partial charge is 0.422 e. The van der Waals surface area contributed by atoms with Crippen LogP contribution in [0.2, 0.25) is 0 Å². The molecular weight excluding hydrogens is 344 g/mol. The first-order chi connectivity index (χ1) is 12.3. The van der Waals surface area contributed by atoms with Crippen molar-refractivity contribution < 1.29 is 4.42 Å². The molecule has 0 unspecified atom stereocenters. The Balaban J connectivity index is 1.84. The molecule has 26 heavy (non-hydrogen) atoms. The number of hydrogen-bond acceptors (Lipinski definition) is 5. The minimum atomic E-state index is -0.293. The van der Waals surface area contributed by atoms with Crippen molar-refractivity contribution in [2.24, 2.45) is 0 Å². The SMILES string of the molecule is CC(C)c1cc(NCCCCCNSC(C)(C)C)cc2ccc(=O)oc12. The summed E-state index contributed by atoms with van der Waals surface area (Å²) in [5, 5.41) is 4.49. The molecule has 0 saturated heterocycles. The molecule has 0 aliphatic heterocycles. The summed E-state index contributed by atoms with van der Waals surface area (Å²) in [5.74, 6) is 0.302. The van der Waals surface area contributed by atoms with Gasteiger partial charge in [0.2, 0.25) is 0 Å². The summed E-state index contributed by atoms with van der Waals surface area (Å²) in [5.41, 5.74) is 2.58. The van der Waals surface area contributed by atoms with E-state index in [0.29, 0.717) is 11.5 Å². The van der Waals surface area contributed by atoms with Crippen LogP contribution < -0.4 is 15.7 Å². The lowest BCUT2D eigenvalue weighted by Gasteiger charge is -2.17. The van der Waals surface area contributed by atoms with Crippen LogP contribution in [0.25, 0.3) is 11.0 Å². The molecule has 0 atom stereocenters. The van der Waals surface area contributed by atoms with Gasteiger partial charge in [0, 0.05) is 40.5 Å². The summed E-state index contributed by atoms with van der Waals surface area (Å²) in [6, 6.07) is 7.50. The fourth-order valence-electron chi connectivity index (χ4n) is 2.74. The molecule has 0 bridgehead atoms. The summed E-state index contributed by atoms with van der Waals surface area (Å²) < 4.78 is 9.13. The summed E-state index contributed by atoms with van der Waals surface area (Å²) >= 11 is 1.80. The van der Waals surface area contributed by atoms with Gasteiger partial charge in [-0.1, -0.05) is 32.2 Å². The van der Waals surface area contributed by atoms with E-state index in [0.717, 1.165) is 36.1 Å². The Bertz CT molecular complexity index is 763. The van der Waals surface area contributed by atoms with Gasteiger partial charge < -0.3 is 9.73 Å². The first-order valence-corrected chi connectivity index (χ1v) is 10.3. The summed E-state index contributed by atoms with van der Waals surface area (Å²) in [7, 11) is 0.